The van der Waals surface area contributed by atoms with E-state index in [1.54, 1.807) is 7.11 Å². The lowest BCUT2D eigenvalue weighted by molar-refractivity contribution is 0.113. The molecule has 1 heterocycles. The maximum absolute atomic E-state index is 8.95. The van der Waals surface area contributed by atoms with Gasteiger partial charge < -0.3 is 9.84 Å². The first-order chi connectivity index (χ1) is 5.38. The summed E-state index contributed by atoms with van der Waals surface area (Å²) in [6.45, 7) is 3.15. The van der Waals surface area contributed by atoms with Gasteiger partial charge in [0, 0.05) is 19.7 Å². The summed E-state index contributed by atoms with van der Waals surface area (Å²) in [6.07, 6.45) is 2.36. The van der Waals surface area contributed by atoms with Gasteiger partial charge in [0.15, 0.2) is 0 Å². The maximum Gasteiger partial charge on any atom is 0.0589 e. The minimum absolute atomic E-state index is 0. The molecule has 1 rings (SSSR count). The van der Waals surface area contributed by atoms with Crippen LogP contribution in [0.4, 0.5) is 0 Å². The molecule has 1 aliphatic heterocycles. The third kappa shape index (κ3) is 3.09. The summed E-state index contributed by atoms with van der Waals surface area (Å²) < 4.78 is 4.97. The highest BCUT2D eigenvalue weighted by atomic mass is 16.5. The van der Waals surface area contributed by atoms with Crippen LogP contribution in [-0.2, 0) is 4.74 Å². The van der Waals surface area contributed by atoms with E-state index in [9.17, 15) is 0 Å². The first-order valence-electron chi connectivity index (χ1n) is 4.22. The van der Waals surface area contributed by atoms with Crippen molar-refractivity contribution < 1.29 is 9.84 Å². The van der Waals surface area contributed by atoms with E-state index < -0.39 is 0 Å². The van der Waals surface area contributed by atoms with Gasteiger partial charge in [0.1, 0.15) is 0 Å². The number of likely N-dealkylation sites (tertiary alicyclic amines) is 1. The van der Waals surface area contributed by atoms with Crippen molar-refractivity contribution in [1.82, 2.24) is 4.90 Å². The summed E-state index contributed by atoms with van der Waals surface area (Å²) in [5, 5.41) is 8.95. The standard InChI is InChI=1S/C8H17NO2.CH4/c1-11-6-5-9-4-2-3-8(9)7-10;/h8,10H,2-7H2,1H3;1H4. The van der Waals surface area contributed by atoms with E-state index in [1.165, 1.54) is 6.42 Å². The number of rotatable bonds is 4. The van der Waals surface area contributed by atoms with Crippen LogP contribution < -0.4 is 0 Å². The zero-order chi connectivity index (χ0) is 8.10. The minimum Gasteiger partial charge on any atom is -0.395 e. The second-order valence-electron chi connectivity index (χ2n) is 3.01. The number of aliphatic hydroxyl groups is 1. The number of methoxy groups -OCH3 is 1. The van der Waals surface area contributed by atoms with Crippen molar-refractivity contribution in [2.45, 2.75) is 26.3 Å². The van der Waals surface area contributed by atoms with Crippen molar-refractivity contribution in [2.75, 3.05) is 33.4 Å². The maximum atomic E-state index is 8.95. The molecule has 1 aliphatic rings. The fourth-order valence-corrected chi connectivity index (χ4v) is 1.60. The fourth-order valence-electron chi connectivity index (χ4n) is 1.60. The van der Waals surface area contributed by atoms with Crippen LogP contribution in [0.15, 0.2) is 0 Å². The lowest BCUT2D eigenvalue weighted by Crippen LogP contribution is -2.34. The molecule has 1 unspecified atom stereocenters. The number of hydrogen-bond acceptors (Lipinski definition) is 3. The molecule has 3 nitrogen and oxygen atoms in total. The van der Waals surface area contributed by atoms with E-state index in [4.69, 9.17) is 9.84 Å². The number of ether oxygens (including phenoxy) is 1. The molecule has 1 saturated heterocycles. The largest absolute Gasteiger partial charge is 0.395 e. The predicted octanol–water partition coefficient (Wildman–Crippen LogP) is 0.726. The first-order valence-corrected chi connectivity index (χ1v) is 4.22. The summed E-state index contributed by atoms with van der Waals surface area (Å²) in [5.41, 5.74) is 0. The highest BCUT2D eigenvalue weighted by molar-refractivity contribution is 4.77. The highest BCUT2D eigenvalue weighted by Crippen LogP contribution is 2.15. The molecule has 0 bridgehead atoms. The van der Waals surface area contributed by atoms with Crippen LogP contribution in [0.25, 0.3) is 0 Å². The van der Waals surface area contributed by atoms with Gasteiger partial charge in [0.2, 0.25) is 0 Å². The third-order valence-electron chi connectivity index (χ3n) is 2.29. The minimum atomic E-state index is 0. The molecule has 0 aromatic rings. The SMILES string of the molecule is C.COCCN1CCCC1CO. The smallest absolute Gasteiger partial charge is 0.0589 e. The van der Waals surface area contributed by atoms with Gasteiger partial charge in [-0.1, -0.05) is 7.43 Å². The number of nitrogens with zero attached hydrogens (tertiary/aromatic N) is 1. The molecule has 0 radical (unpaired) electrons. The van der Waals surface area contributed by atoms with E-state index in [2.05, 4.69) is 4.90 Å². The average Bonchev–Trinajstić information content (AvgIpc) is 2.47. The van der Waals surface area contributed by atoms with Crippen LogP contribution in [0.2, 0.25) is 0 Å². The summed E-state index contributed by atoms with van der Waals surface area (Å²) in [6, 6.07) is 0.394. The van der Waals surface area contributed by atoms with Crippen LogP contribution in [0.5, 0.6) is 0 Å². The van der Waals surface area contributed by atoms with Crippen LogP contribution in [0.1, 0.15) is 20.3 Å². The normalized spacial score (nSPS) is 24.0. The Bertz CT molecular complexity index is 109. The van der Waals surface area contributed by atoms with Gasteiger partial charge in [-0.25, -0.2) is 0 Å². The molecule has 12 heavy (non-hydrogen) atoms. The summed E-state index contributed by atoms with van der Waals surface area (Å²) in [7, 11) is 1.71. The average molecular weight is 175 g/mol. The lowest BCUT2D eigenvalue weighted by Gasteiger charge is -2.21. The van der Waals surface area contributed by atoms with Crippen LogP contribution in [0.3, 0.4) is 0 Å². The van der Waals surface area contributed by atoms with Crippen molar-refractivity contribution in [1.29, 1.82) is 0 Å². The molecular formula is C9H21NO2. The molecule has 1 atom stereocenters. The van der Waals surface area contributed by atoms with Crippen molar-refractivity contribution in [2.24, 2.45) is 0 Å². The van der Waals surface area contributed by atoms with Gasteiger partial charge >= 0.3 is 0 Å². The van der Waals surface area contributed by atoms with Gasteiger partial charge in [-0.3, -0.25) is 4.90 Å². The van der Waals surface area contributed by atoms with E-state index >= 15 is 0 Å². The van der Waals surface area contributed by atoms with Crippen molar-refractivity contribution >= 4 is 0 Å². The second kappa shape index (κ2) is 6.40. The summed E-state index contributed by atoms with van der Waals surface area (Å²) >= 11 is 0. The van der Waals surface area contributed by atoms with Crippen molar-refractivity contribution in [3.63, 3.8) is 0 Å². The second-order valence-corrected chi connectivity index (χ2v) is 3.01. The monoisotopic (exact) mass is 175 g/mol. The third-order valence-corrected chi connectivity index (χ3v) is 2.29. The van der Waals surface area contributed by atoms with E-state index in [0.717, 1.165) is 26.1 Å². The zero-order valence-corrected chi connectivity index (χ0v) is 7.12. The topological polar surface area (TPSA) is 32.7 Å². The van der Waals surface area contributed by atoms with Gasteiger partial charge in [-0.15, -0.1) is 0 Å². The first kappa shape index (κ1) is 11.9. The quantitative estimate of drug-likeness (QED) is 0.683. The Kier molecular flexibility index (Phi) is 6.34. The van der Waals surface area contributed by atoms with E-state index in [-0.39, 0.29) is 7.43 Å². The molecule has 0 aromatic carbocycles. The summed E-state index contributed by atoms with van der Waals surface area (Å²) in [5.74, 6) is 0. The van der Waals surface area contributed by atoms with Crippen molar-refractivity contribution in [3.05, 3.63) is 0 Å². The Hall–Kier alpha value is -0.120. The van der Waals surface area contributed by atoms with Gasteiger partial charge in [-0.05, 0) is 19.4 Å². The summed E-state index contributed by atoms with van der Waals surface area (Å²) in [4.78, 5) is 2.30. The molecule has 1 N–H and O–H groups in total. The van der Waals surface area contributed by atoms with Crippen molar-refractivity contribution in [3.8, 4) is 0 Å². The number of hydrogen-bond donors (Lipinski definition) is 1. The fraction of sp³-hybridized carbons (Fsp3) is 1.00. The molecule has 0 saturated carbocycles. The molecule has 0 amide bonds. The Balaban J connectivity index is 0.00000121. The van der Waals surface area contributed by atoms with Crippen LogP contribution >= 0.6 is 0 Å². The van der Waals surface area contributed by atoms with E-state index in [1.807, 2.05) is 0 Å². The Labute approximate surface area is 75.3 Å². The Morgan fingerprint density at radius 1 is 1.58 bits per heavy atom. The van der Waals surface area contributed by atoms with E-state index in [0.29, 0.717) is 12.6 Å². The lowest BCUT2D eigenvalue weighted by atomic mass is 10.2. The molecule has 0 aromatic heterocycles. The Morgan fingerprint density at radius 2 is 2.33 bits per heavy atom. The zero-order valence-electron chi connectivity index (χ0n) is 7.12. The molecule has 3 heteroatoms. The number of aliphatic hydroxyl groups excluding tert-OH is 1. The molecule has 1 fully saturated rings. The Morgan fingerprint density at radius 3 is 2.92 bits per heavy atom. The van der Waals surface area contributed by atoms with Crippen LogP contribution in [-0.4, -0.2) is 49.5 Å². The molecule has 0 aliphatic carbocycles. The van der Waals surface area contributed by atoms with Gasteiger partial charge in [0.25, 0.3) is 0 Å². The molecule has 74 valence electrons. The van der Waals surface area contributed by atoms with Gasteiger partial charge in [-0.2, -0.15) is 0 Å². The highest BCUT2D eigenvalue weighted by Gasteiger charge is 2.22. The molecule has 0 spiro atoms. The molecular weight excluding hydrogens is 154 g/mol. The van der Waals surface area contributed by atoms with Crippen LogP contribution in [0, 0.1) is 0 Å². The van der Waals surface area contributed by atoms with Gasteiger partial charge in [0.05, 0.1) is 13.2 Å². The predicted molar refractivity (Wildman–Crippen MR) is 50.3 cm³/mol.